The molecule has 0 saturated heterocycles. The zero-order valence-corrected chi connectivity index (χ0v) is 12.9. The number of hydrogen-bond acceptors (Lipinski definition) is 3. The maximum Gasteiger partial charge on any atom is 0.133 e. The molecule has 21 heavy (non-hydrogen) atoms. The van der Waals surface area contributed by atoms with E-state index in [0.717, 1.165) is 24.4 Å². The van der Waals surface area contributed by atoms with Gasteiger partial charge in [-0.25, -0.2) is 0 Å². The van der Waals surface area contributed by atoms with Crippen molar-refractivity contribution >= 4 is 0 Å². The molecule has 0 aliphatic heterocycles. The van der Waals surface area contributed by atoms with Crippen molar-refractivity contribution < 1.29 is 0 Å². The second kappa shape index (κ2) is 6.17. The summed E-state index contributed by atoms with van der Waals surface area (Å²) in [5, 5.41) is 13.5. The first-order valence-corrected chi connectivity index (χ1v) is 8.15. The van der Waals surface area contributed by atoms with E-state index in [1.807, 2.05) is 18.2 Å². The maximum atomic E-state index is 9.88. The SMILES string of the molecule is CN(CCC(C#N)(NC1CC1)c1ccccc1)CC1CC1. The van der Waals surface area contributed by atoms with Gasteiger partial charge in [0.1, 0.15) is 5.54 Å². The van der Waals surface area contributed by atoms with Crippen LogP contribution in [-0.4, -0.2) is 31.1 Å². The van der Waals surface area contributed by atoms with Crippen LogP contribution in [0.5, 0.6) is 0 Å². The van der Waals surface area contributed by atoms with E-state index in [-0.39, 0.29) is 0 Å². The minimum Gasteiger partial charge on any atom is -0.306 e. The van der Waals surface area contributed by atoms with Crippen molar-refractivity contribution in [3.8, 4) is 6.07 Å². The fourth-order valence-electron chi connectivity index (χ4n) is 2.94. The van der Waals surface area contributed by atoms with Gasteiger partial charge in [-0.2, -0.15) is 5.26 Å². The normalized spacial score (nSPS) is 21.0. The molecular weight excluding hydrogens is 258 g/mol. The molecule has 2 fully saturated rings. The monoisotopic (exact) mass is 283 g/mol. The summed E-state index contributed by atoms with van der Waals surface area (Å²) in [7, 11) is 2.18. The summed E-state index contributed by atoms with van der Waals surface area (Å²) in [5.74, 6) is 0.902. The average molecular weight is 283 g/mol. The molecule has 1 N–H and O–H groups in total. The Morgan fingerprint density at radius 2 is 1.95 bits per heavy atom. The molecule has 0 aromatic heterocycles. The molecule has 2 aliphatic carbocycles. The second-order valence-corrected chi connectivity index (χ2v) is 6.76. The van der Waals surface area contributed by atoms with Crippen LogP contribution in [0.1, 0.15) is 37.7 Å². The van der Waals surface area contributed by atoms with E-state index in [0.29, 0.717) is 6.04 Å². The first kappa shape index (κ1) is 14.6. The van der Waals surface area contributed by atoms with Gasteiger partial charge in [-0.05, 0) is 50.6 Å². The van der Waals surface area contributed by atoms with Crippen molar-refractivity contribution in [3.63, 3.8) is 0 Å². The third-order valence-electron chi connectivity index (χ3n) is 4.62. The Labute approximate surface area is 128 Å². The first-order valence-electron chi connectivity index (χ1n) is 8.15. The predicted octanol–water partition coefficient (Wildman–Crippen LogP) is 2.89. The quantitative estimate of drug-likeness (QED) is 0.797. The molecule has 2 saturated carbocycles. The van der Waals surface area contributed by atoms with Gasteiger partial charge < -0.3 is 4.90 Å². The minimum absolute atomic E-state index is 0.526. The number of nitrogens with one attached hydrogen (secondary N) is 1. The molecule has 3 nitrogen and oxygen atoms in total. The Morgan fingerprint density at radius 3 is 2.52 bits per heavy atom. The largest absolute Gasteiger partial charge is 0.306 e. The van der Waals surface area contributed by atoms with E-state index >= 15 is 0 Å². The number of benzene rings is 1. The number of nitrogens with zero attached hydrogens (tertiary/aromatic N) is 2. The lowest BCUT2D eigenvalue weighted by Crippen LogP contribution is -2.45. The van der Waals surface area contributed by atoms with Crippen LogP contribution in [0.25, 0.3) is 0 Å². The highest BCUT2D eigenvalue weighted by molar-refractivity contribution is 5.32. The molecule has 0 amide bonds. The van der Waals surface area contributed by atoms with Crippen LogP contribution in [0.15, 0.2) is 30.3 Å². The summed E-state index contributed by atoms with van der Waals surface area (Å²) < 4.78 is 0. The van der Waals surface area contributed by atoms with E-state index in [1.165, 1.54) is 32.2 Å². The molecule has 0 heterocycles. The van der Waals surface area contributed by atoms with Crippen molar-refractivity contribution in [2.24, 2.45) is 5.92 Å². The summed E-state index contributed by atoms with van der Waals surface area (Å²) >= 11 is 0. The smallest absolute Gasteiger partial charge is 0.133 e. The Bertz CT molecular complexity index is 499. The molecule has 1 atom stereocenters. The van der Waals surface area contributed by atoms with Gasteiger partial charge in [0.2, 0.25) is 0 Å². The molecule has 3 heteroatoms. The van der Waals surface area contributed by atoms with Gasteiger partial charge in [0.25, 0.3) is 0 Å². The fourth-order valence-corrected chi connectivity index (χ4v) is 2.94. The lowest BCUT2D eigenvalue weighted by molar-refractivity contribution is 0.271. The van der Waals surface area contributed by atoms with Crippen LogP contribution in [0, 0.1) is 17.2 Å². The van der Waals surface area contributed by atoms with Gasteiger partial charge in [-0.3, -0.25) is 5.32 Å². The molecule has 0 bridgehead atoms. The van der Waals surface area contributed by atoms with Crippen molar-refractivity contribution in [2.75, 3.05) is 20.1 Å². The standard InChI is InChI=1S/C18H25N3/c1-21(13-15-7-8-15)12-11-18(14-19,20-17-9-10-17)16-5-3-2-4-6-16/h2-6,15,17,20H,7-13H2,1H3. The third kappa shape index (κ3) is 3.84. The van der Waals surface area contributed by atoms with Crippen LogP contribution in [0.4, 0.5) is 0 Å². The van der Waals surface area contributed by atoms with Crippen molar-refractivity contribution in [1.29, 1.82) is 5.26 Å². The van der Waals surface area contributed by atoms with Crippen LogP contribution in [-0.2, 0) is 5.54 Å². The Morgan fingerprint density at radius 1 is 1.24 bits per heavy atom. The molecule has 0 spiro atoms. The zero-order valence-electron chi connectivity index (χ0n) is 12.9. The minimum atomic E-state index is -0.528. The van der Waals surface area contributed by atoms with E-state index in [2.05, 4.69) is 35.5 Å². The third-order valence-corrected chi connectivity index (χ3v) is 4.62. The van der Waals surface area contributed by atoms with Gasteiger partial charge in [-0.15, -0.1) is 0 Å². The molecule has 2 aliphatic rings. The summed E-state index contributed by atoms with van der Waals surface area (Å²) in [6, 6.07) is 13.4. The van der Waals surface area contributed by atoms with Crippen LogP contribution >= 0.6 is 0 Å². The van der Waals surface area contributed by atoms with Crippen molar-refractivity contribution in [2.45, 2.75) is 43.7 Å². The van der Waals surface area contributed by atoms with Crippen LogP contribution in [0.2, 0.25) is 0 Å². The fraction of sp³-hybridized carbons (Fsp3) is 0.611. The van der Waals surface area contributed by atoms with Gasteiger partial charge in [-0.1, -0.05) is 30.3 Å². The zero-order chi connectivity index (χ0) is 14.7. The maximum absolute atomic E-state index is 9.88. The summed E-state index contributed by atoms with van der Waals surface area (Å²) in [6.45, 7) is 2.15. The average Bonchev–Trinajstić information content (AvgIpc) is 3.41. The number of rotatable bonds is 8. The number of hydrogen-bond donors (Lipinski definition) is 1. The Kier molecular flexibility index (Phi) is 4.28. The van der Waals surface area contributed by atoms with Crippen LogP contribution < -0.4 is 5.32 Å². The second-order valence-electron chi connectivity index (χ2n) is 6.76. The Hall–Kier alpha value is -1.37. The first-order chi connectivity index (χ1) is 10.2. The predicted molar refractivity (Wildman–Crippen MR) is 84.7 cm³/mol. The molecule has 1 aromatic carbocycles. The lowest BCUT2D eigenvalue weighted by Gasteiger charge is -2.31. The highest BCUT2D eigenvalue weighted by Crippen LogP contribution is 2.32. The topological polar surface area (TPSA) is 39.1 Å². The summed E-state index contributed by atoms with van der Waals surface area (Å²) in [4.78, 5) is 2.39. The summed E-state index contributed by atoms with van der Waals surface area (Å²) in [6.07, 6.45) is 6.02. The van der Waals surface area contributed by atoms with E-state index in [9.17, 15) is 5.26 Å². The molecule has 1 unspecified atom stereocenters. The number of nitriles is 1. The molecular formula is C18H25N3. The van der Waals surface area contributed by atoms with Gasteiger partial charge in [0, 0.05) is 19.1 Å². The van der Waals surface area contributed by atoms with E-state index in [1.54, 1.807) is 0 Å². The highest BCUT2D eigenvalue weighted by atomic mass is 15.1. The van der Waals surface area contributed by atoms with Gasteiger partial charge in [0.15, 0.2) is 0 Å². The van der Waals surface area contributed by atoms with E-state index in [4.69, 9.17) is 0 Å². The summed E-state index contributed by atoms with van der Waals surface area (Å²) in [5.41, 5.74) is 0.583. The van der Waals surface area contributed by atoms with Crippen LogP contribution in [0.3, 0.4) is 0 Å². The highest BCUT2D eigenvalue weighted by Gasteiger charge is 2.38. The van der Waals surface area contributed by atoms with Crippen molar-refractivity contribution in [3.05, 3.63) is 35.9 Å². The molecule has 3 rings (SSSR count). The van der Waals surface area contributed by atoms with Gasteiger partial charge >= 0.3 is 0 Å². The van der Waals surface area contributed by atoms with Gasteiger partial charge in [0.05, 0.1) is 6.07 Å². The van der Waals surface area contributed by atoms with Crippen molar-refractivity contribution in [1.82, 2.24) is 10.2 Å². The lowest BCUT2D eigenvalue weighted by atomic mass is 9.87. The Balaban J connectivity index is 1.69. The molecule has 112 valence electrons. The molecule has 0 radical (unpaired) electrons. The molecule has 1 aromatic rings. The van der Waals surface area contributed by atoms with E-state index < -0.39 is 5.54 Å².